The number of allylic oxidation sites excluding steroid dienone is 4. The Balaban J connectivity index is 1.62. The van der Waals surface area contributed by atoms with Crippen LogP contribution in [0, 0.1) is 28.6 Å². The molecule has 0 bridgehead atoms. The van der Waals surface area contributed by atoms with Crippen LogP contribution in [0.2, 0.25) is 0 Å². The number of aliphatic hydroxyl groups excluding tert-OH is 1. The second kappa shape index (κ2) is 8.80. The molecule has 37 heavy (non-hydrogen) atoms. The highest BCUT2D eigenvalue weighted by atomic mass is 32.1. The highest BCUT2D eigenvalue weighted by Gasteiger charge is 2.76. The second-order valence-corrected chi connectivity index (χ2v) is 11.4. The molecule has 1 heterocycles. The van der Waals surface area contributed by atoms with Gasteiger partial charge in [-0.05, 0) is 80.6 Å². The van der Waals surface area contributed by atoms with Crippen LogP contribution in [0.1, 0.15) is 50.1 Å². The highest BCUT2D eigenvalue weighted by Crippen LogP contribution is 2.71. The van der Waals surface area contributed by atoms with Crippen molar-refractivity contribution in [3.05, 3.63) is 48.0 Å². The maximum absolute atomic E-state index is 17.3. The monoisotopic (exact) mass is 538 g/mol. The molecule has 0 radical (unpaired) electrons. The molecule has 10 heteroatoms. The topological polar surface area (TPSA) is 86.0 Å². The summed E-state index contributed by atoms with van der Waals surface area (Å²) in [5.41, 5.74) is -6.02. The standard InChI is InChI=1S/C27H29F3O6S/c1-24-6-5-16(32)11-19(24)20(29)12-18-17-10-15(13-31)27(23(37)35-14-28,25(17,2)7-8-26(18,24)30)36-22(33)21-4-3-9-34-21/h3-6,9,11,15,17-18,20,31H,7-8,10,12-14H2,1-2H3/t15?,17-,18-,20?,24-,25-,26-,27?/m0/s1. The van der Waals surface area contributed by atoms with Crippen molar-refractivity contribution in [1.82, 2.24) is 0 Å². The van der Waals surface area contributed by atoms with Gasteiger partial charge in [0.15, 0.2) is 11.4 Å². The molecule has 0 saturated heterocycles. The number of ketones is 1. The van der Waals surface area contributed by atoms with Crippen LogP contribution in [0.4, 0.5) is 13.2 Å². The van der Waals surface area contributed by atoms with Gasteiger partial charge in [-0.15, -0.1) is 0 Å². The summed E-state index contributed by atoms with van der Waals surface area (Å²) in [6.07, 6.45) is 3.70. The molecular weight excluding hydrogens is 509 g/mol. The summed E-state index contributed by atoms with van der Waals surface area (Å²) in [6, 6.07) is 2.89. The maximum Gasteiger partial charge on any atom is 0.375 e. The number of rotatable bonds is 5. The van der Waals surface area contributed by atoms with Gasteiger partial charge in [-0.3, -0.25) is 4.79 Å². The Bertz CT molecular complexity index is 1180. The van der Waals surface area contributed by atoms with Crippen molar-refractivity contribution in [2.45, 2.75) is 57.0 Å². The summed E-state index contributed by atoms with van der Waals surface area (Å²) < 4.78 is 62.6. The molecule has 1 aromatic rings. The van der Waals surface area contributed by atoms with Crippen molar-refractivity contribution in [2.24, 2.45) is 28.6 Å². The lowest BCUT2D eigenvalue weighted by atomic mass is 9.45. The Hall–Kier alpha value is -2.46. The molecule has 3 saturated carbocycles. The fourth-order valence-corrected chi connectivity index (χ4v) is 8.31. The maximum atomic E-state index is 17.3. The Labute approximate surface area is 217 Å². The average Bonchev–Trinajstić information content (AvgIpc) is 3.48. The predicted molar refractivity (Wildman–Crippen MR) is 130 cm³/mol. The molecule has 4 aliphatic rings. The minimum absolute atomic E-state index is 0.0554. The Morgan fingerprint density at radius 2 is 2.03 bits per heavy atom. The minimum atomic E-state index is -1.91. The normalized spacial score (nSPS) is 42.3. The van der Waals surface area contributed by atoms with Gasteiger partial charge in [0.25, 0.3) is 0 Å². The Morgan fingerprint density at radius 3 is 2.68 bits per heavy atom. The third-order valence-electron chi connectivity index (χ3n) is 9.69. The molecular formula is C27H29F3O6S. The van der Waals surface area contributed by atoms with E-state index in [9.17, 15) is 19.1 Å². The quantitative estimate of drug-likeness (QED) is 0.417. The number of carbonyl (C=O) groups excluding carboxylic acids is 2. The van der Waals surface area contributed by atoms with Gasteiger partial charge in [0.05, 0.1) is 12.9 Å². The summed E-state index contributed by atoms with van der Waals surface area (Å²) in [6.45, 7) is 1.58. The van der Waals surface area contributed by atoms with E-state index in [1.54, 1.807) is 13.8 Å². The molecule has 6 nitrogen and oxygen atoms in total. The molecule has 4 aliphatic carbocycles. The number of ether oxygens (including phenoxy) is 2. The SMILES string of the molecule is C[C@]12CC[C@]3(F)[C@@H](CC(F)C4=CC(=O)C=C[C@@]43C)[C@@H]1CC(CO)C2(OC(=O)c1ccco1)C(=S)OCF. The van der Waals surface area contributed by atoms with E-state index in [-0.39, 0.29) is 47.9 Å². The first-order valence-corrected chi connectivity index (χ1v) is 12.8. The number of hydrogen-bond donors (Lipinski definition) is 1. The van der Waals surface area contributed by atoms with Gasteiger partial charge in [-0.1, -0.05) is 13.0 Å². The van der Waals surface area contributed by atoms with E-state index in [0.29, 0.717) is 0 Å². The van der Waals surface area contributed by atoms with Crippen LogP contribution < -0.4 is 0 Å². The zero-order valence-corrected chi connectivity index (χ0v) is 21.4. The molecule has 200 valence electrons. The van der Waals surface area contributed by atoms with E-state index in [0.717, 1.165) is 0 Å². The number of aliphatic hydroxyl groups is 1. The van der Waals surface area contributed by atoms with Gasteiger partial charge in [0.2, 0.25) is 17.7 Å². The van der Waals surface area contributed by atoms with E-state index in [1.807, 2.05) is 0 Å². The van der Waals surface area contributed by atoms with Crippen molar-refractivity contribution in [2.75, 3.05) is 13.5 Å². The third kappa shape index (κ3) is 3.37. The first-order valence-electron chi connectivity index (χ1n) is 12.4. The predicted octanol–water partition coefficient (Wildman–Crippen LogP) is 5.01. The largest absolute Gasteiger partial charge is 0.457 e. The zero-order valence-electron chi connectivity index (χ0n) is 20.5. The van der Waals surface area contributed by atoms with E-state index in [2.05, 4.69) is 0 Å². The van der Waals surface area contributed by atoms with Crippen LogP contribution in [-0.2, 0) is 14.3 Å². The van der Waals surface area contributed by atoms with Gasteiger partial charge < -0.3 is 19.0 Å². The lowest BCUT2D eigenvalue weighted by Gasteiger charge is -2.61. The van der Waals surface area contributed by atoms with Crippen LogP contribution >= 0.6 is 12.2 Å². The number of carbonyl (C=O) groups is 2. The lowest BCUT2D eigenvalue weighted by molar-refractivity contribution is -0.163. The molecule has 8 atom stereocenters. The first kappa shape index (κ1) is 26.2. The van der Waals surface area contributed by atoms with Crippen molar-refractivity contribution in [1.29, 1.82) is 0 Å². The van der Waals surface area contributed by atoms with Gasteiger partial charge in [-0.2, -0.15) is 0 Å². The van der Waals surface area contributed by atoms with Crippen LogP contribution in [0.15, 0.2) is 46.6 Å². The smallest absolute Gasteiger partial charge is 0.375 e. The number of esters is 1. The number of thiocarbonyl (C=S) groups is 1. The summed E-state index contributed by atoms with van der Waals surface area (Å²) in [4.78, 5) is 25.1. The average molecular weight is 539 g/mol. The van der Waals surface area contributed by atoms with E-state index >= 15 is 8.78 Å². The number of halogens is 3. The third-order valence-corrected chi connectivity index (χ3v) is 10.1. The zero-order chi connectivity index (χ0) is 26.8. The van der Waals surface area contributed by atoms with Crippen molar-refractivity contribution >= 4 is 29.0 Å². The lowest BCUT2D eigenvalue weighted by Crippen LogP contribution is -2.66. The van der Waals surface area contributed by atoms with Crippen molar-refractivity contribution < 1.29 is 41.8 Å². The summed E-state index contributed by atoms with van der Waals surface area (Å²) >= 11 is 5.47. The molecule has 5 rings (SSSR count). The summed E-state index contributed by atoms with van der Waals surface area (Å²) in [7, 11) is 0. The number of furan rings is 1. The van der Waals surface area contributed by atoms with Crippen LogP contribution in [0.5, 0.6) is 0 Å². The number of fused-ring (bicyclic) bond motifs is 5. The van der Waals surface area contributed by atoms with Gasteiger partial charge in [0.1, 0.15) is 11.8 Å². The second-order valence-electron chi connectivity index (χ2n) is 11.0. The molecule has 0 aromatic carbocycles. The molecule has 0 amide bonds. The highest BCUT2D eigenvalue weighted by molar-refractivity contribution is 7.80. The molecule has 0 aliphatic heterocycles. The summed E-state index contributed by atoms with van der Waals surface area (Å²) in [5, 5.41) is 10.1. The molecule has 3 unspecified atom stereocenters. The Morgan fingerprint density at radius 1 is 1.27 bits per heavy atom. The molecule has 0 spiro atoms. The number of hydrogen-bond acceptors (Lipinski definition) is 7. The van der Waals surface area contributed by atoms with Gasteiger partial charge >= 0.3 is 5.97 Å². The van der Waals surface area contributed by atoms with Crippen LogP contribution in [-0.4, -0.2) is 52.8 Å². The van der Waals surface area contributed by atoms with E-state index in [1.165, 1.54) is 36.6 Å². The van der Waals surface area contributed by atoms with Crippen LogP contribution in [0.25, 0.3) is 0 Å². The molecule has 3 fully saturated rings. The fourth-order valence-electron chi connectivity index (χ4n) is 7.83. The number of alkyl halides is 3. The fraction of sp³-hybridized carbons (Fsp3) is 0.593. The minimum Gasteiger partial charge on any atom is -0.457 e. The Kier molecular flexibility index (Phi) is 6.22. The van der Waals surface area contributed by atoms with E-state index < -0.39 is 65.5 Å². The van der Waals surface area contributed by atoms with Gasteiger partial charge in [-0.25, -0.2) is 18.0 Å². The van der Waals surface area contributed by atoms with E-state index in [4.69, 9.17) is 26.1 Å². The summed E-state index contributed by atoms with van der Waals surface area (Å²) in [5.74, 6) is -3.69. The first-order chi connectivity index (χ1) is 17.5. The van der Waals surface area contributed by atoms with Crippen molar-refractivity contribution in [3.63, 3.8) is 0 Å². The van der Waals surface area contributed by atoms with Gasteiger partial charge in [0, 0.05) is 22.7 Å². The molecule has 1 aromatic heterocycles. The van der Waals surface area contributed by atoms with Crippen molar-refractivity contribution in [3.8, 4) is 0 Å². The van der Waals surface area contributed by atoms with Crippen LogP contribution in [0.3, 0.4) is 0 Å². The molecule has 1 N–H and O–H groups in total.